The Kier molecular flexibility index (Phi) is 8.10. The predicted molar refractivity (Wildman–Crippen MR) is 107 cm³/mol. The lowest BCUT2D eigenvalue weighted by molar-refractivity contribution is -0.147. The Morgan fingerprint density at radius 2 is 1.64 bits per heavy atom. The summed E-state index contributed by atoms with van der Waals surface area (Å²) in [5.74, 6) is -1.12. The van der Waals surface area contributed by atoms with Crippen LogP contribution in [0, 0.1) is 0 Å². The summed E-state index contributed by atoms with van der Waals surface area (Å²) in [7, 11) is 1.48. The zero-order chi connectivity index (χ0) is 20.5. The number of carbonyl (C=O) groups is 3. The molecule has 148 valence electrons. The fourth-order valence-electron chi connectivity index (χ4n) is 2.17. The number of rotatable bonds is 8. The van der Waals surface area contributed by atoms with E-state index < -0.39 is 24.4 Å². The summed E-state index contributed by atoms with van der Waals surface area (Å²) < 4.78 is 9.99. The third kappa shape index (κ3) is 6.75. The number of hydrogen-bond donors (Lipinski definition) is 2. The van der Waals surface area contributed by atoms with Gasteiger partial charge in [-0.25, -0.2) is 0 Å². The third-order valence-corrected chi connectivity index (χ3v) is 4.05. The van der Waals surface area contributed by atoms with Crippen molar-refractivity contribution in [1.82, 2.24) is 0 Å². The fourth-order valence-corrected chi connectivity index (χ4v) is 2.63. The highest BCUT2D eigenvalue weighted by Gasteiger charge is 2.13. The molecule has 0 unspecified atom stereocenters. The van der Waals surface area contributed by atoms with Crippen molar-refractivity contribution in [3.05, 3.63) is 52.5 Å². The molecule has 0 fully saturated rings. The second-order valence-corrected chi connectivity index (χ2v) is 6.43. The number of ether oxygens (including phenoxy) is 2. The Hall–Kier alpha value is -2.77. The summed E-state index contributed by atoms with van der Waals surface area (Å²) in [6.07, 6.45) is -0.301. The highest BCUT2D eigenvalue weighted by atomic mass is 35.5. The maximum absolute atomic E-state index is 11.9. The number of para-hydroxylation sites is 2. The monoisotopic (exact) mass is 424 g/mol. The van der Waals surface area contributed by atoms with Gasteiger partial charge in [-0.2, -0.15) is 0 Å². The van der Waals surface area contributed by atoms with E-state index in [1.165, 1.54) is 13.2 Å². The maximum Gasteiger partial charge on any atom is 0.306 e. The van der Waals surface area contributed by atoms with Crippen LogP contribution >= 0.6 is 23.2 Å². The highest BCUT2D eigenvalue weighted by molar-refractivity contribution is 6.36. The van der Waals surface area contributed by atoms with E-state index in [0.717, 1.165) is 0 Å². The average molecular weight is 425 g/mol. The first-order chi connectivity index (χ1) is 13.4. The van der Waals surface area contributed by atoms with E-state index in [9.17, 15) is 14.4 Å². The number of nitrogens with one attached hydrogen (secondary N) is 2. The molecule has 0 saturated heterocycles. The molecule has 2 aromatic carbocycles. The van der Waals surface area contributed by atoms with Crippen molar-refractivity contribution in [1.29, 1.82) is 0 Å². The summed E-state index contributed by atoms with van der Waals surface area (Å²) >= 11 is 11.8. The molecule has 28 heavy (non-hydrogen) atoms. The molecule has 2 N–H and O–H groups in total. The highest BCUT2D eigenvalue weighted by Crippen LogP contribution is 2.25. The van der Waals surface area contributed by atoms with Gasteiger partial charge in [0.1, 0.15) is 5.75 Å². The Morgan fingerprint density at radius 3 is 2.36 bits per heavy atom. The molecular weight excluding hydrogens is 407 g/mol. The van der Waals surface area contributed by atoms with Gasteiger partial charge in [-0.05, 0) is 30.3 Å². The first-order valence-corrected chi connectivity index (χ1v) is 8.98. The lowest BCUT2D eigenvalue weighted by Crippen LogP contribution is -2.22. The van der Waals surface area contributed by atoms with Crippen molar-refractivity contribution in [2.75, 3.05) is 24.4 Å². The van der Waals surface area contributed by atoms with Gasteiger partial charge in [0.15, 0.2) is 6.61 Å². The van der Waals surface area contributed by atoms with Gasteiger partial charge in [0.05, 0.1) is 29.9 Å². The number of carbonyl (C=O) groups excluding carboxylic acids is 3. The summed E-state index contributed by atoms with van der Waals surface area (Å²) in [5.41, 5.74) is 0.853. The SMILES string of the molecule is COc1ccccc1NC(=O)COC(=O)CCC(=O)Nc1ccc(Cl)cc1Cl. The fraction of sp³-hybridized carbons (Fsp3) is 0.211. The van der Waals surface area contributed by atoms with Crippen LogP contribution in [0.1, 0.15) is 12.8 Å². The summed E-state index contributed by atoms with van der Waals surface area (Å²) in [4.78, 5) is 35.5. The van der Waals surface area contributed by atoms with Gasteiger partial charge in [-0.3, -0.25) is 14.4 Å². The molecular formula is C19H18Cl2N2O5. The van der Waals surface area contributed by atoms with E-state index in [4.69, 9.17) is 32.7 Å². The predicted octanol–water partition coefficient (Wildman–Crippen LogP) is 3.90. The third-order valence-electron chi connectivity index (χ3n) is 3.51. The summed E-state index contributed by atoms with van der Waals surface area (Å²) in [6, 6.07) is 11.5. The molecule has 2 aromatic rings. The number of hydrogen-bond acceptors (Lipinski definition) is 5. The number of anilines is 2. The van der Waals surface area contributed by atoms with Crippen LogP contribution in [-0.2, 0) is 19.1 Å². The molecule has 7 nitrogen and oxygen atoms in total. The van der Waals surface area contributed by atoms with E-state index in [1.54, 1.807) is 36.4 Å². The summed E-state index contributed by atoms with van der Waals surface area (Å²) in [6.45, 7) is -0.471. The molecule has 0 atom stereocenters. The molecule has 0 heterocycles. The molecule has 9 heteroatoms. The lowest BCUT2D eigenvalue weighted by Gasteiger charge is -2.10. The van der Waals surface area contributed by atoms with Crippen molar-refractivity contribution < 1.29 is 23.9 Å². The molecule has 0 aliphatic heterocycles. The van der Waals surface area contributed by atoms with Gasteiger partial charge >= 0.3 is 5.97 Å². The van der Waals surface area contributed by atoms with Crippen LogP contribution in [0.15, 0.2) is 42.5 Å². The van der Waals surface area contributed by atoms with Gasteiger partial charge < -0.3 is 20.1 Å². The Bertz CT molecular complexity index is 873. The van der Waals surface area contributed by atoms with Gasteiger partial charge in [-0.15, -0.1) is 0 Å². The maximum atomic E-state index is 11.9. The van der Waals surface area contributed by atoms with Crippen LogP contribution in [0.4, 0.5) is 11.4 Å². The Labute approximate surface area is 171 Å². The van der Waals surface area contributed by atoms with Crippen LogP contribution in [0.25, 0.3) is 0 Å². The number of methoxy groups -OCH3 is 1. The van der Waals surface area contributed by atoms with E-state index in [1.807, 2.05) is 0 Å². The van der Waals surface area contributed by atoms with Crippen molar-refractivity contribution in [3.63, 3.8) is 0 Å². The second-order valence-electron chi connectivity index (χ2n) is 5.58. The number of esters is 1. The van der Waals surface area contributed by atoms with E-state index in [2.05, 4.69) is 10.6 Å². The van der Waals surface area contributed by atoms with Crippen LogP contribution in [0.5, 0.6) is 5.75 Å². The number of halogens is 2. The summed E-state index contributed by atoms with van der Waals surface area (Å²) in [5, 5.41) is 5.88. The van der Waals surface area contributed by atoms with Gasteiger partial charge in [0.25, 0.3) is 5.91 Å². The first kappa shape index (κ1) is 21.5. The van der Waals surface area contributed by atoms with Gasteiger partial charge in [0.2, 0.25) is 5.91 Å². The lowest BCUT2D eigenvalue weighted by atomic mass is 10.2. The van der Waals surface area contributed by atoms with Crippen LogP contribution < -0.4 is 15.4 Å². The van der Waals surface area contributed by atoms with Gasteiger partial charge in [0, 0.05) is 11.4 Å². The normalized spacial score (nSPS) is 10.1. The minimum absolute atomic E-state index is 0.119. The molecule has 0 aliphatic rings. The molecule has 0 bridgehead atoms. The minimum Gasteiger partial charge on any atom is -0.495 e. The van der Waals surface area contributed by atoms with Gasteiger partial charge in [-0.1, -0.05) is 35.3 Å². The van der Waals surface area contributed by atoms with Crippen molar-refractivity contribution in [2.45, 2.75) is 12.8 Å². The Morgan fingerprint density at radius 1 is 0.929 bits per heavy atom. The average Bonchev–Trinajstić information content (AvgIpc) is 2.67. The largest absolute Gasteiger partial charge is 0.495 e. The topological polar surface area (TPSA) is 93.7 Å². The van der Waals surface area contributed by atoms with Crippen molar-refractivity contribution in [2.24, 2.45) is 0 Å². The molecule has 2 amide bonds. The van der Waals surface area contributed by atoms with Crippen LogP contribution in [-0.4, -0.2) is 31.5 Å². The van der Waals surface area contributed by atoms with Crippen molar-refractivity contribution in [3.8, 4) is 5.75 Å². The zero-order valence-electron chi connectivity index (χ0n) is 15.0. The number of benzene rings is 2. The van der Waals surface area contributed by atoms with E-state index in [-0.39, 0.29) is 17.9 Å². The number of amides is 2. The molecule has 2 rings (SSSR count). The molecule has 0 saturated carbocycles. The quantitative estimate of drug-likeness (QED) is 0.626. The molecule has 0 spiro atoms. The van der Waals surface area contributed by atoms with Crippen LogP contribution in [0.2, 0.25) is 10.0 Å². The molecule has 0 aliphatic carbocycles. The van der Waals surface area contributed by atoms with E-state index in [0.29, 0.717) is 22.1 Å². The first-order valence-electron chi connectivity index (χ1n) is 8.22. The van der Waals surface area contributed by atoms with E-state index >= 15 is 0 Å². The second kappa shape index (κ2) is 10.5. The Balaban J connectivity index is 1.73. The van der Waals surface area contributed by atoms with Crippen molar-refractivity contribution >= 4 is 52.4 Å². The minimum atomic E-state index is -0.674. The standard InChI is InChI=1S/C19H18Cl2N2O5/c1-27-16-5-3-2-4-15(16)23-18(25)11-28-19(26)9-8-17(24)22-14-7-6-12(20)10-13(14)21/h2-7,10H,8-9,11H2,1H3,(H,22,24)(H,23,25). The van der Waals surface area contributed by atoms with Crippen LogP contribution in [0.3, 0.4) is 0 Å². The smallest absolute Gasteiger partial charge is 0.306 e. The molecule has 0 radical (unpaired) electrons. The zero-order valence-corrected chi connectivity index (χ0v) is 16.5. The molecule has 0 aromatic heterocycles.